The van der Waals surface area contributed by atoms with Crippen molar-refractivity contribution in [3.63, 3.8) is 0 Å². The molecular formula is C14H23BBrN3O2. The van der Waals surface area contributed by atoms with Gasteiger partial charge in [-0.25, -0.2) is 4.68 Å². The molecule has 0 N–H and O–H groups in total. The van der Waals surface area contributed by atoms with E-state index in [1.807, 2.05) is 32.4 Å². The third-order valence-electron chi connectivity index (χ3n) is 5.06. The van der Waals surface area contributed by atoms with Gasteiger partial charge >= 0.3 is 7.12 Å². The molecule has 116 valence electrons. The maximum Gasteiger partial charge on any atom is 0.519 e. The fraction of sp³-hybridized carbons (Fsp3) is 0.857. The number of nitrogens with zero attached hydrogens (tertiary/aromatic N) is 3. The number of hydrogen-bond acceptors (Lipinski definition) is 4. The van der Waals surface area contributed by atoms with E-state index >= 15 is 0 Å². The van der Waals surface area contributed by atoms with Crippen molar-refractivity contribution < 1.29 is 9.31 Å². The molecule has 21 heavy (non-hydrogen) atoms. The Balaban J connectivity index is 1.83. The summed E-state index contributed by atoms with van der Waals surface area (Å²) in [5.41, 5.74) is 0.0384. The van der Waals surface area contributed by atoms with Gasteiger partial charge in [0.2, 0.25) is 0 Å². The highest BCUT2D eigenvalue weighted by Gasteiger charge is 2.53. The van der Waals surface area contributed by atoms with E-state index in [-0.39, 0.29) is 11.2 Å². The lowest BCUT2D eigenvalue weighted by molar-refractivity contribution is 0.00578. The van der Waals surface area contributed by atoms with Crippen molar-refractivity contribution in [3.8, 4) is 0 Å². The van der Waals surface area contributed by atoms with Crippen LogP contribution in [0.4, 0.5) is 0 Å². The van der Waals surface area contributed by atoms with Gasteiger partial charge in [0.15, 0.2) is 0 Å². The Kier molecular flexibility index (Phi) is 3.95. The van der Waals surface area contributed by atoms with Crippen molar-refractivity contribution in [2.45, 2.75) is 77.0 Å². The number of halogens is 1. The third-order valence-corrected chi connectivity index (χ3v) is 5.83. The van der Waals surface area contributed by atoms with Crippen LogP contribution in [0.2, 0.25) is 0 Å². The minimum absolute atomic E-state index is 0.355. The highest BCUT2D eigenvalue weighted by Crippen LogP contribution is 2.37. The SMILES string of the molecule is CC1(C)OB(c2nnn(C3CCCCC3)c2Br)OC1(C)C. The van der Waals surface area contributed by atoms with Crippen LogP contribution in [0.15, 0.2) is 4.60 Å². The molecule has 0 unspecified atom stereocenters. The summed E-state index contributed by atoms with van der Waals surface area (Å²) in [6.07, 6.45) is 6.20. The normalized spacial score (nSPS) is 25.5. The van der Waals surface area contributed by atoms with Crippen molar-refractivity contribution in [1.29, 1.82) is 0 Å². The first-order chi connectivity index (χ1) is 9.82. The molecule has 0 radical (unpaired) electrons. The molecule has 3 rings (SSSR count). The van der Waals surface area contributed by atoms with Gasteiger partial charge in [-0.3, -0.25) is 0 Å². The van der Waals surface area contributed by atoms with E-state index in [1.54, 1.807) is 0 Å². The second-order valence-corrected chi connectivity index (χ2v) is 7.84. The second-order valence-electron chi connectivity index (χ2n) is 7.09. The predicted octanol–water partition coefficient (Wildman–Crippen LogP) is 2.85. The van der Waals surface area contributed by atoms with Gasteiger partial charge in [-0.1, -0.05) is 24.5 Å². The summed E-state index contributed by atoms with van der Waals surface area (Å²) in [6, 6.07) is 0.441. The zero-order valence-electron chi connectivity index (χ0n) is 13.2. The van der Waals surface area contributed by atoms with E-state index in [9.17, 15) is 0 Å². The molecule has 1 aliphatic heterocycles. The molecule has 0 aromatic carbocycles. The maximum atomic E-state index is 6.06. The molecular weight excluding hydrogens is 333 g/mol. The summed E-state index contributed by atoms with van der Waals surface area (Å²) in [5.74, 6) is 0. The Hall–Kier alpha value is -0.395. The minimum atomic E-state index is -0.457. The summed E-state index contributed by atoms with van der Waals surface area (Å²) >= 11 is 3.65. The van der Waals surface area contributed by atoms with Crippen molar-refractivity contribution in [1.82, 2.24) is 15.0 Å². The zero-order valence-corrected chi connectivity index (χ0v) is 14.8. The van der Waals surface area contributed by atoms with Gasteiger partial charge in [0, 0.05) is 0 Å². The van der Waals surface area contributed by atoms with Crippen LogP contribution in [0.3, 0.4) is 0 Å². The standard InChI is InChI=1S/C14H23BBrN3O2/c1-13(2)14(3,4)21-15(20-13)11-12(16)19(18-17-11)10-8-6-5-7-9-10/h10H,5-9H2,1-4H3. The van der Waals surface area contributed by atoms with Crippen LogP contribution in [-0.2, 0) is 9.31 Å². The Labute approximate surface area is 135 Å². The molecule has 0 bridgehead atoms. The van der Waals surface area contributed by atoms with Gasteiger partial charge in [-0.2, -0.15) is 0 Å². The quantitative estimate of drug-likeness (QED) is 0.765. The van der Waals surface area contributed by atoms with Gasteiger partial charge < -0.3 is 9.31 Å². The van der Waals surface area contributed by atoms with Crippen LogP contribution < -0.4 is 5.59 Å². The molecule has 2 aliphatic rings. The third kappa shape index (κ3) is 2.68. The molecule has 1 saturated carbocycles. The van der Waals surface area contributed by atoms with E-state index < -0.39 is 7.12 Å². The van der Waals surface area contributed by atoms with Crippen LogP contribution in [0.1, 0.15) is 65.8 Å². The van der Waals surface area contributed by atoms with Crippen molar-refractivity contribution >= 4 is 28.6 Å². The van der Waals surface area contributed by atoms with Gasteiger partial charge in [0.25, 0.3) is 0 Å². The first-order valence-electron chi connectivity index (χ1n) is 7.78. The molecule has 2 heterocycles. The van der Waals surface area contributed by atoms with Crippen molar-refractivity contribution in [2.24, 2.45) is 0 Å². The lowest BCUT2D eigenvalue weighted by Crippen LogP contribution is -2.41. The summed E-state index contributed by atoms with van der Waals surface area (Å²) in [5, 5.41) is 8.66. The molecule has 0 atom stereocenters. The van der Waals surface area contributed by atoms with E-state index in [1.165, 1.54) is 32.1 Å². The Morgan fingerprint density at radius 2 is 1.67 bits per heavy atom. The lowest BCUT2D eigenvalue weighted by Gasteiger charge is -2.32. The lowest BCUT2D eigenvalue weighted by atomic mass is 9.85. The van der Waals surface area contributed by atoms with Crippen molar-refractivity contribution in [2.75, 3.05) is 0 Å². The Bertz CT molecular complexity index is 510. The summed E-state index contributed by atoms with van der Waals surface area (Å²) in [7, 11) is -0.457. The minimum Gasteiger partial charge on any atom is -0.398 e. The highest BCUT2D eigenvalue weighted by atomic mass is 79.9. The number of aromatic nitrogens is 3. The Morgan fingerprint density at radius 3 is 2.24 bits per heavy atom. The molecule has 1 aromatic heterocycles. The van der Waals surface area contributed by atoms with Gasteiger partial charge in [-0.15, -0.1) is 5.10 Å². The van der Waals surface area contributed by atoms with Gasteiger partial charge in [-0.05, 0) is 56.5 Å². The second kappa shape index (κ2) is 5.35. The molecule has 1 aliphatic carbocycles. The number of hydrogen-bond donors (Lipinski definition) is 0. The molecule has 2 fully saturated rings. The van der Waals surface area contributed by atoms with Crippen LogP contribution in [0, 0.1) is 0 Å². The Morgan fingerprint density at radius 1 is 1.10 bits per heavy atom. The molecule has 0 amide bonds. The number of rotatable bonds is 2. The first kappa shape index (κ1) is 15.5. The topological polar surface area (TPSA) is 49.2 Å². The molecule has 7 heteroatoms. The monoisotopic (exact) mass is 355 g/mol. The maximum absolute atomic E-state index is 6.06. The van der Waals surface area contributed by atoms with Gasteiger partial charge in [0.1, 0.15) is 10.2 Å². The zero-order chi connectivity index (χ0) is 15.3. The smallest absolute Gasteiger partial charge is 0.398 e. The predicted molar refractivity (Wildman–Crippen MR) is 85.6 cm³/mol. The summed E-state index contributed by atoms with van der Waals surface area (Å²) < 4.78 is 15.0. The summed E-state index contributed by atoms with van der Waals surface area (Å²) in [4.78, 5) is 0. The molecule has 1 saturated heterocycles. The fourth-order valence-corrected chi connectivity index (χ4v) is 3.58. The van der Waals surface area contributed by atoms with Crippen molar-refractivity contribution in [3.05, 3.63) is 4.60 Å². The van der Waals surface area contributed by atoms with Crippen LogP contribution >= 0.6 is 15.9 Å². The van der Waals surface area contributed by atoms with Crippen LogP contribution in [0.25, 0.3) is 0 Å². The van der Waals surface area contributed by atoms with Crippen LogP contribution in [0.5, 0.6) is 0 Å². The average molecular weight is 356 g/mol. The van der Waals surface area contributed by atoms with E-state index in [2.05, 4.69) is 26.2 Å². The molecule has 1 aromatic rings. The highest BCUT2D eigenvalue weighted by molar-refractivity contribution is 9.10. The average Bonchev–Trinajstić information content (AvgIpc) is 2.89. The van der Waals surface area contributed by atoms with E-state index in [0.29, 0.717) is 6.04 Å². The van der Waals surface area contributed by atoms with Gasteiger partial charge in [0.05, 0.1) is 17.2 Å². The van der Waals surface area contributed by atoms with Crippen LogP contribution in [-0.4, -0.2) is 33.3 Å². The molecule has 0 spiro atoms. The van der Waals surface area contributed by atoms with E-state index in [0.717, 1.165) is 10.2 Å². The summed E-state index contributed by atoms with van der Waals surface area (Å²) in [6.45, 7) is 8.19. The largest absolute Gasteiger partial charge is 0.519 e. The fourth-order valence-electron chi connectivity index (χ4n) is 2.95. The first-order valence-corrected chi connectivity index (χ1v) is 8.57. The van der Waals surface area contributed by atoms with E-state index in [4.69, 9.17) is 9.31 Å². The molecule has 5 nitrogen and oxygen atoms in total.